The highest BCUT2D eigenvalue weighted by Crippen LogP contribution is 2.24. The first-order valence-electron chi connectivity index (χ1n) is 7.38. The number of benzene rings is 1. The van der Waals surface area contributed by atoms with Crippen LogP contribution < -0.4 is 0 Å². The third kappa shape index (κ3) is 2.65. The first-order chi connectivity index (χ1) is 11.0. The molecule has 0 bridgehead atoms. The van der Waals surface area contributed by atoms with E-state index in [2.05, 4.69) is 16.6 Å². The Labute approximate surface area is 135 Å². The van der Waals surface area contributed by atoms with Crippen LogP contribution in [0.5, 0.6) is 0 Å². The van der Waals surface area contributed by atoms with Gasteiger partial charge in [0, 0.05) is 25.0 Å². The first-order valence-corrected chi connectivity index (χ1v) is 7.38. The van der Waals surface area contributed by atoms with Gasteiger partial charge < -0.3 is 9.30 Å². The van der Waals surface area contributed by atoms with E-state index in [1.54, 1.807) is 6.07 Å². The molecule has 0 radical (unpaired) electrons. The molecule has 0 amide bonds. The molecular formula is C18H19N3O2. The van der Waals surface area contributed by atoms with E-state index >= 15 is 0 Å². The number of carbonyl (C=O) groups excluding carboxylic acids is 1. The molecule has 1 aromatic carbocycles. The molecule has 0 fully saturated rings. The summed E-state index contributed by atoms with van der Waals surface area (Å²) in [6.45, 7) is 4.07. The van der Waals surface area contributed by atoms with Crippen LogP contribution >= 0.6 is 0 Å². The molecule has 2 aromatic heterocycles. The topological polar surface area (TPSA) is 49.1 Å². The van der Waals surface area contributed by atoms with Gasteiger partial charge in [-0.1, -0.05) is 12.1 Å². The smallest absolute Gasteiger partial charge is 0.337 e. The molecule has 3 aromatic rings. The van der Waals surface area contributed by atoms with E-state index in [9.17, 15) is 4.79 Å². The fourth-order valence-corrected chi connectivity index (χ4v) is 2.76. The van der Waals surface area contributed by atoms with Crippen LogP contribution in [-0.4, -0.2) is 27.4 Å². The highest BCUT2D eigenvalue weighted by Gasteiger charge is 2.12. The number of ether oxygens (including phenoxy) is 1. The standard InChI is InChI=1S/C18H19N3O2/c1-12-13(2)19-20(3)17(12)21-9-8-16(11-21)14-6-5-7-15(10-14)18(22)23-4/h5-11H,1-4H3. The molecule has 0 aliphatic rings. The minimum absolute atomic E-state index is 0.329. The highest BCUT2D eigenvalue weighted by atomic mass is 16.5. The minimum Gasteiger partial charge on any atom is -0.465 e. The van der Waals surface area contributed by atoms with E-state index in [0.717, 1.165) is 28.2 Å². The van der Waals surface area contributed by atoms with Crippen LogP contribution in [0.2, 0.25) is 0 Å². The van der Waals surface area contributed by atoms with E-state index in [1.165, 1.54) is 7.11 Å². The molecule has 5 nitrogen and oxygen atoms in total. The van der Waals surface area contributed by atoms with Gasteiger partial charge in [0.05, 0.1) is 18.4 Å². The van der Waals surface area contributed by atoms with E-state index in [4.69, 9.17) is 4.74 Å². The number of hydrogen-bond donors (Lipinski definition) is 0. The van der Waals surface area contributed by atoms with Gasteiger partial charge in [0.2, 0.25) is 0 Å². The average Bonchev–Trinajstić information content (AvgIpc) is 3.12. The van der Waals surface area contributed by atoms with Crippen molar-refractivity contribution in [3.63, 3.8) is 0 Å². The third-order valence-electron chi connectivity index (χ3n) is 4.04. The first kappa shape index (κ1) is 15.1. The molecule has 5 heteroatoms. The molecule has 118 valence electrons. The fourth-order valence-electron chi connectivity index (χ4n) is 2.76. The van der Waals surface area contributed by atoms with Crippen molar-refractivity contribution in [2.75, 3.05) is 7.11 Å². The molecule has 0 aliphatic heterocycles. The lowest BCUT2D eigenvalue weighted by atomic mass is 10.1. The van der Waals surface area contributed by atoms with Gasteiger partial charge in [0.15, 0.2) is 0 Å². The summed E-state index contributed by atoms with van der Waals surface area (Å²) in [4.78, 5) is 11.7. The van der Waals surface area contributed by atoms with Gasteiger partial charge in [0.1, 0.15) is 5.82 Å². The van der Waals surface area contributed by atoms with Gasteiger partial charge in [-0.25, -0.2) is 4.79 Å². The lowest BCUT2D eigenvalue weighted by Crippen LogP contribution is -2.02. The van der Waals surface area contributed by atoms with Crippen LogP contribution in [-0.2, 0) is 11.8 Å². The number of esters is 1. The predicted octanol–water partition coefficient (Wildman–Crippen LogP) is 3.28. The number of methoxy groups -OCH3 is 1. The normalized spacial score (nSPS) is 10.8. The maximum atomic E-state index is 11.7. The Kier molecular flexibility index (Phi) is 3.78. The number of carbonyl (C=O) groups is 1. The molecule has 0 unspecified atom stereocenters. The van der Waals surface area contributed by atoms with Gasteiger partial charge in [-0.2, -0.15) is 5.10 Å². The van der Waals surface area contributed by atoms with Crippen molar-refractivity contribution >= 4 is 5.97 Å². The van der Waals surface area contributed by atoms with Crippen LogP contribution in [0.4, 0.5) is 0 Å². The second-order valence-corrected chi connectivity index (χ2v) is 5.54. The number of hydrogen-bond acceptors (Lipinski definition) is 3. The zero-order valence-corrected chi connectivity index (χ0v) is 13.7. The number of nitrogens with zero attached hydrogens (tertiary/aromatic N) is 3. The lowest BCUT2D eigenvalue weighted by molar-refractivity contribution is 0.0601. The monoisotopic (exact) mass is 309 g/mol. The van der Waals surface area contributed by atoms with Crippen LogP contribution in [0, 0.1) is 13.8 Å². The van der Waals surface area contributed by atoms with Gasteiger partial charge in [-0.15, -0.1) is 0 Å². The van der Waals surface area contributed by atoms with Crippen LogP contribution in [0.25, 0.3) is 16.9 Å². The Balaban J connectivity index is 2.01. The van der Waals surface area contributed by atoms with Gasteiger partial charge in [0.25, 0.3) is 0 Å². The Morgan fingerprint density at radius 1 is 1.17 bits per heavy atom. The maximum absolute atomic E-state index is 11.7. The zero-order valence-electron chi connectivity index (χ0n) is 13.7. The summed E-state index contributed by atoms with van der Waals surface area (Å²) in [5.74, 6) is 0.710. The quantitative estimate of drug-likeness (QED) is 0.698. The van der Waals surface area contributed by atoms with Crippen LogP contribution in [0.3, 0.4) is 0 Å². The van der Waals surface area contributed by atoms with Crippen molar-refractivity contribution < 1.29 is 9.53 Å². The summed E-state index contributed by atoms with van der Waals surface area (Å²) < 4.78 is 8.71. The highest BCUT2D eigenvalue weighted by molar-refractivity contribution is 5.90. The summed E-state index contributed by atoms with van der Waals surface area (Å²) >= 11 is 0. The summed E-state index contributed by atoms with van der Waals surface area (Å²) in [6, 6.07) is 9.46. The van der Waals surface area contributed by atoms with Gasteiger partial charge in [-0.05, 0) is 43.2 Å². The van der Waals surface area contributed by atoms with Crippen LogP contribution in [0.1, 0.15) is 21.6 Å². The van der Waals surface area contributed by atoms with Crippen molar-refractivity contribution in [2.24, 2.45) is 7.05 Å². The van der Waals surface area contributed by atoms with Crippen molar-refractivity contribution in [3.8, 4) is 16.9 Å². The molecule has 0 spiro atoms. The van der Waals surface area contributed by atoms with E-state index in [0.29, 0.717) is 5.56 Å². The summed E-state index contributed by atoms with van der Waals surface area (Å²) in [7, 11) is 3.33. The van der Waals surface area contributed by atoms with E-state index in [-0.39, 0.29) is 5.97 Å². The molecule has 23 heavy (non-hydrogen) atoms. The minimum atomic E-state index is -0.329. The molecule has 0 atom stereocenters. The molecule has 0 N–H and O–H groups in total. The van der Waals surface area contributed by atoms with Crippen molar-refractivity contribution in [3.05, 3.63) is 59.5 Å². The molecular weight excluding hydrogens is 290 g/mol. The Bertz CT molecular complexity index is 874. The molecule has 0 saturated heterocycles. The van der Waals surface area contributed by atoms with Crippen LogP contribution in [0.15, 0.2) is 42.7 Å². The largest absolute Gasteiger partial charge is 0.465 e. The summed E-state index contributed by atoms with van der Waals surface area (Å²) in [6.07, 6.45) is 4.05. The number of aromatic nitrogens is 3. The van der Waals surface area contributed by atoms with E-state index in [1.807, 2.05) is 55.3 Å². The van der Waals surface area contributed by atoms with Crippen molar-refractivity contribution in [1.29, 1.82) is 0 Å². The third-order valence-corrected chi connectivity index (χ3v) is 4.04. The zero-order chi connectivity index (χ0) is 16.6. The Morgan fingerprint density at radius 2 is 1.96 bits per heavy atom. The van der Waals surface area contributed by atoms with Crippen molar-refractivity contribution in [2.45, 2.75) is 13.8 Å². The molecule has 0 saturated carbocycles. The second kappa shape index (κ2) is 5.76. The van der Waals surface area contributed by atoms with E-state index < -0.39 is 0 Å². The average molecular weight is 309 g/mol. The molecule has 3 rings (SSSR count). The van der Waals surface area contributed by atoms with Gasteiger partial charge in [-0.3, -0.25) is 4.68 Å². The second-order valence-electron chi connectivity index (χ2n) is 5.54. The SMILES string of the molecule is COC(=O)c1cccc(-c2ccn(-c3c(C)c(C)nn3C)c2)c1. The molecule has 2 heterocycles. The molecule has 0 aliphatic carbocycles. The maximum Gasteiger partial charge on any atom is 0.337 e. The van der Waals surface area contributed by atoms with Gasteiger partial charge >= 0.3 is 5.97 Å². The number of aryl methyl sites for hydroxylation is 2. The van der Waals surface area contributed by atoms with Crippen molar-refractivity contribution in [1.82, 2.24) is 14.3 Å². The Morgan fingerprint density at radius 3 is 2.61 bits per heavy atom. The number of rotatable bonds is 3. The summed E-state index contributed by atoms with van der Waals surface area (Å²) in [5.41, 5.74) is 4.73. The summed E-state index contributed by atoms with van der Waals surface area (Å²) in [5, 5.41) is 4.45. The fraction of sp³-hybridized carbons (Fsp3) is 0.222. The Hall–Kier alpha value is -2.82. The predicted molar refractivity (Wildman–Crippen MR) is 88.8 cm³/mol. The lowest BCUT2D eigenvalue weighted by Gasteiger charge is -2.05.